The quantitative estimate of drug-likeness (QED) is 0.411. The Hall–Kier alpha value is -4.72. The van der Waals surface area contributed by atoms with Gasteiger partial charge in [0.1, 0.15) is 17.9 Å². The second-order valence-corrected chi connectivity index (χ2v) is 8.13. The van der Waals surface area contributed by atoms with Gasteiger partial charge in [-0.1, -0.05) is 36.4 Å². The number of para-hydroxylation sites is 1. The van der Waals surface area contributed by atoms with Gasteiger partial charge in [0.2, 0.25) is 0 Å². The number of carbonyl (C=O) groups excluding carboxylic acids is 3. The number of amides is 4. The largest absolute Gasteiger partial charge is 0.488 e. The second kappa shape index (κ2) is 9.64. The molecule has 0 aliphatic carbocycles. The third-order valence-electron chi connectivity index (χ3n) is 5.38. The predicted molar refractivity (Wildman–Crippen MR) is 129 cm³/mol. The Morgan fingerprint density at radius 3 is 2.29 bits per heavy atom. The van der Waals surface area contributed by atoms with E-state index in [0.29, 0.717) is 17.0 Å². The number of ether oxygens (including phenoxy) is 1. The summed E-state index contributed by atoms with van der Waals surface area (Å²) in [6.45, 7) is 3.86. The van der Waals surface area contributed by atoms with E-state index in [2.05, 4.69) is 5.32 Å². The molecule has 1 aliphatic heterocycles. The average molecular weight is 470 g/mol. The van der Waals surface area contributed by atoms with E-state index in [1.165, 1.54) is 18.2 Å². The number of nitrogens with one attached hydrogen (secondary N) is 1. The van der Waals surface area contributed by atoms with Crippen molar-refractivity contribution in [3.63, 3.8) is 0 Å². The van der Waals surface area contributed by atoms with Crippen LogP contribution in [-0.2, 0) is 16.2 Å². The van der Waals surface area contributed by atoms with Gasteiger partial charge in [0, 0.05) is 5.56 Å². The third kappa shape index (κ3) is 5.11. The minimum atomic E-state index is -1.02. The Morgan fingerprint density at radius 1 is 0.971 bits per heavy atom. The summed E-state index contributed by atoms with van der Waals surface area (Å²) in [5, 5.41) is 11.3. The first kappa shape index (κ1) is 23.4. The van der Waals surface area contributed by atoms with E-state index in [4.69, 9.17) is 9.84 Å². The van der Waals surface area contributed by atoms with Gasteiger partial charge in [-0.3, -0.25) is 14.9 Å². The number of rotatable bonds is 6. The van der Waals surface area contributed by atoms with Gasteiger partial charge in [0.15, 0.2) is 0 Å². The van der Waals surface area contributed by atoms with E-state index in [-0.39, 0.29) is 17.7 Å². The lowest BCUT2D eigenvalue weighted by Gasteiger charge is -2.27. The molecule has 0 atom stereocenters. The number of imide groups is 2. The predicted octanol–water partition coefficient (Wildman–Crippen LogP) is 4.25. The number of carboxylic acids is 1. The zero-order valence-corrected chi connectivity index (χ0v) is 19.1. The van der Waals surface area contributed by atoms with E-state index in [1.807, 2.05) is 19.9 Å². The molecule has 1 aliphatic rings. The van der Waals surface area contributed by atoms with Gasteiger partial charge < -0.3 is 9.84 Å². The number of carboxylic acid groups (broad SMARTS) is 1. The molecule has 0 unspecified atom stereocenters. The highest BCUT2D eigenvalue weighted by Gasteiger charge is 2.37. The Kier molecular flexibility index (Phi) is 6.46. The highest BCUT2D eigenvalue weighted by atomic mass is 16.5. The average Bonchev–Trinajstić information content (AvgIpc) is 2.80. The molecule has 1 heterocycles. The van der Waals surface area contributed by atoms with E-state index in [0.717, 1.165) is 21.6 Å². The van der Waals surface area contributed by atoms with Crippen molar-refractivity contribution < 1.29 is 29.0 Å². The van der Waals surface area contributed by atoms with Gasteiger partial charge in [-0.25, -0.2) is 14.5 Å². The Balaban J connectivity index is 1.62. The first-order valence-corrected chi connectivity index (χ1v) is 10.8. The summed E-state index contributed by atoms with van der Waals surface area (Å²) in [4.78, 5) is 50.3. The SMILES string of the molecule is Cc1cc(C)cc(N2C(=O)NC(=O)/C(=C\c3ccccc3OCc3ccc(C(=O)O)cc3)C2=O)c1. The van der Waals surface area contributed by atoms with Gasteiger partial charge in [0.25, 0.3) is 11.8 Å². The van der Waals surface area contributed by atoms with Crippen LogP contribution in [0.15, 0.2) is 72.3 Å². The molecule has 1 fully saturated rings. The maximum absolute atomic E-state index is 13.2. The van der Waals surface area contributed by atoms with Gasteiger partial charge >= 0.3 is 12.0 Å². The van der Waals surface area contributed by atoms with Crippen LogP contribution >= 0.6 is 0 Å². The number of barbiturate groups is 1. The minimum absolute atomic E-state index is 0.146. The fraction of sp³-hybridized carbons (Fsp3) is 0.111. The molecule has 4 amide bonds. The van der Waals surface area contributed by atoms with Crippen molar-refractivity contribution in [1.82, 2.24) is 5.32 Å². The topological polar surface area (TPSA) is 113 Å². The molecule has 0 radical (unpaired) electrons. The molecule has 0 spiro atoms. The number of hydrogen-bond acceptors (Lipinski definition) is 5. The lowest BCUT2D eigenvalue weighted by Crippen LogP contribution is -2.54. The number of aromatic carboxylic acids is 1. The summed E-state index contributed by atoms with van der Waals surface area (Å²) in [7, 11) is 0. The van der Waals surface area contributed by atoms with Crippen LogP contribution in [0.1, 0.15) is 32.6 Å². The van der Waals surface area contributed by atoms with Crippen LogP contribution in [0.25, 0.3) is 6.08 Å². The number of anilines is 1. The molecule has 8 nitrogen and oxygen atoms in total. The highest BCUT2D eigenvalue weighted by molar-refractivity contribution is 6.39. The molecule has 3 aromatic carbocycles. The molecule has 0 aromatic heterocycles. The summed E-state index contributed by atoms with van der Waals surface area (Å²) in [5.41, 5.74) is 3.31. The first-order valence-electron chi connectivity index (χ1n) is 10.8. The monoisotopic (exact) mass is 470 g/mol. The Bertz CT molecular complexity index is 1350. The zero-order chi connectivity index (χ0) is 25.1. The third-order valence-corrected chi connectivity index (χ3v) is 5.38. The molecular weight excluding hydrogens is 448 g/mol. The standard InChI is InChI=1S/C27H22N2O6/c1-16-11-17(2)13-21(12-16)29-25(31)22(24(30)28-27(29)34)14-20-5-3-4-6-23(20)35-15-18-7-9-19(10-8-18)26(32)33/h3-14H,15H2,1-2H3,(H,32,33)(H,28,30,34)/b22-14+. The molecule has 0 saturated carbocycles. The van der Waals surface area contributed by atoms with Gasteiger partial charge in [-0.15, -0.1) is 0 Å². The number of nitrogens with zero attached hydrogens (tertiary/aromatic N) is 1. The summed E-state index contributed by atoms with van der Waals surface area (Å²) >= 11 is 0. The van der Waals surface area contributed by atoms with Crippen LogP contribution in [0.3, 0.4) is 0 Å². The Labute approximate surface area is 201 Å². The molecule has 2 N–H and O–H groups in total. The van der Waals surface area contributed by atoms with E-state index < -0.39 is 23.8 Å². The van der Waals surface area contributed by atoms with Crippen molar-refractivity contribution in [3.05, 3.63) is 100 Å². The summed E-state index contributed by atoms with van der Waals surface area (Å²) in [6.07, 6.45) is 1.39. The van der Waals surface area contributed by atoms with Crippen LogP contribution in [0, 0.1) is 13.8 Å². The van der Waals surface area contributed by atoms with Crippen molar-refractivity contribution in [3.8, 4) is 5.75 Å². The van der Waals surface area contributed by atoms with Crippen LogP contribution in [-0.4, -0.2) is 28.9 Å². The lowest BCUT2D eigenvalue weighted by atomic mass is 10.0. The number of hydrogen-bond donors (Lipinski definition) is 2. The smallest absolute Gasteiger partial charge is 0.335 e. The van der Waals surface area contributed by atoms with Crippen molar-refractivity contribution in [1.29, 1.82) is 0 Å². The summed E-state index contributed by atoms with van der Waals surface area (Å²) in [6, 6.07) is 17.6. The van der Waals surface area contributed by atoms with Crippen LogP contribution in [0.5, 0.6) is 5.75 Å². The van der Waals surface area contributed by atoms with Gasteiger partial charge in [-0.05, 0) is 66.9 Å². The molecular formula is C27H22N2O6. The van der Waals surface area contributed by atoms with Crippen LogP contribution in [0.4, 0.5) is 10.5 Å². The number of benzene rings is 3. The molecule has 8 heteroatoms. The van der Waals surface area contributed by atoms with Crippen molar-refractivity contribution in [2.75, 3.05) is 4.90 Å². The lowest BCUT2D eigenvalue weighted by molar-refractivity contribution is -0.122. The van der Waals surface area contributed by atoms with Gasteiger partial charge in [-0.2, -0.15) is 0 Å². The molecule has 3 aromatic rings. The fourth-order valence-electron chi connectivity index (χ4n) is 3.76. The maximum atomic E-state index is 13.2. The molecule has 176 valence electrons. The summed E-state index contributed by atoms with van der Waals surface area (Å²) in [5.74, 6) is -2.13. The molecule has 4 rings (SSSR count). The fourth-order valence-corrected chi connectivity index (χ4v) is 3.76. The Morgan fingerprint density at radius 2 is 1.63 bits per heavy atom. The molecule has 35 heavy (non-hydrogen) atoms. The van der Waals surface area contributed by atoms with Crippen LogP contribution in [0.2, 0.25) is 0 Å². The van der Waals surface area contributed by atoms with Crippen LogP contribution < -0.4 is 15.0 Å². The van der Waals surface area contributed by atoms with E-state index in [9.17, 15) is 19.2 Å². The normalized spacial score (nSPS) is 14.7. The van der Waals surface area contributed by atoms with Crippen molar-refractivity contribution in [2.24, 2.45) is 0 Å². The number of carbonyl (C=O) groups is 4. The molecule has 0 bridgehead atoms. The number of urea groups is 1. The van der Waals surface area contributed by atoms with Gasteiger partial charge in [0.05, 0.1) is 11.3 Å². The van der Waals surface area contributed by atoms with Crippen molar-refractivity contribution in [2.45, 2.75) is 20.5 Å². The maximum Gasteiger partial charge on any atom is 0.335 e. The van der Waals surface area contributed by atoms with Crippen molar-refractivity contribution >= 4 is 35.6 Å². The second-order valence-electron chi connectivity index (χ2n) is 8.13. The first-order chi connectivity index (χ1) is 16.7. The van der Waals surface area contributed by atoms with E-state index in [1.54, 1.807) is 48.5 Å². The number of aryl methyl sites for hydroxylation is 2. The summed E-state index contributed by atoms with van der Waals surface area (Å²) < 4.78 is 5.88. The zero-order valence-electron chi connectivity index (χ0n) is 19.1. The highest BCUT2D eigenvalue weighted by Crippen LogP contribution is 2.27. The molecule has 1 saturated heterocycles. The minimum Gasteiger partial charge on any atom is -0.488 e. The van der Waals surface area contributed by atoms with E-state index >= 15 is 0 Å².